The zero-order valence-corrected chi connectivity index (χ0v) is 15.5. The van der Waals surface area contributed by atoms with Crippen molar-refractivity contribution in [3.8, 4) is 5.75 Å². The van der Waals surface area contributed by atoms with Gasteiger partial charge in [0, 0.05) is 6.20 Å². The van der Waals surface area contributed by atoms with E-state index in [0.29, 0.717) is 17.0 Å². The number of pyridine rings is 1. The van der Waals surface area contributed by atoms with Crippen molar-refractivity contribution in [2.24, 2.45) is 0 Å². The molecule has 0 saturated heterocycles. The maximum atomic E-state index is 12.8. The van der Waals surface area contributed by atoms with Gasteiger partial charge in [0.25, 0.3) is 5.91 Å². The lowest BCUT2D eigenvalue weighted by molar-refractivity contribution is 0.102. The van der Waals surface area contributed by atoms with E-state index in [1.165, 1.54) is 25.1 Å². The number of carbonyl (C=O) groups is 1. The zero-order valence-electron chi connectivity index (χ0n) is 14.6. The largest absolute Gasteiger partial charge is 0.506 e. The summed E-state index contributed by atoms with van der Waals surface area (Å²) in [5.74, 6) is -0.769. The average molecular weight is 373 g/mol. The Hall–Kier alpha value is -2.87. The Bertz CT molecular complexity index is 1120. The third-order valence-corrected chi connectivity index (χ3v) is 5.92. The summed E-state index contributed by atoms with van der Waals surface area (Å²) in [5, 5.41) is 12.6. The summed E-state index contributed by atoms with van der Waals surface area (Å²) in [6.07, 6.45) is 1.73. The number of phenolic OH excluding ortho intramolecular Hbond substituents is 1. The summed E-state index contributed by atoms with van der Waals surface area (Å²) in [6.45, 7) is 5.15. The molecule has 0 bridgehead atoms. The first kappa shape index (κ1) is 17.9. The van der Waals surface area contributed by atoms with Gasteiger partial charge in [-0.1, -0.05) is 13.0 Å². The molecule has 0 atom stereocenters. The number of anilines is 1. The van der Waals surface area contributed by atoms with Gasteiger partial charge < -0.3 is 10.4 Å². The Morgan fingerprint density at radius 2 is 2.00 bits per heavy atom. The van der Waals surface area contributed by atoms with Gasteiger partial charge in [-0.2, -0.15) is 0 Å². The first-order chi connectivity index (χ1) is 12.2. The number of sulfone groups is 1. The van der Waals surface area contributed by atoms with Gasteiger partial charge in [-0.05, 0) is 43.7 Å². The van der Waals surface area contributed by atoms with Gasteiger partial charge in [0.15, 0.2) is 9.84 Å². The number of hydrogen-bond acceptors (Lipinski definition) is 5. The number of imidazole rings is 1. The Labute approximate surface area is 151 Å². The second kappa shape index (κ2) is 6.45. The standard InChI is InChI=1S/C18H19N3O4S/c1-4-26(24,25)13-7-8-15(22)14(10-13)20-18(23)16-12(3)19-17-11(2)6-5-9-21(16)17/h5-10,22H,4H2,1-3H3,(H,20,23). The van der Waals surface area contributed by atoms with E-state index in [9.17, 15) is 18.3 Å². The first-order valence-corrected chi connectivity index (χ1v) is 9.71. The Morgan fingerprint density at radius 1 is 1.27 bits per heavy atom. The molecular formula is C18H19N3O4S. The molecule has 0 saturated carbocycles. The quantitative estimate of drug-likeness (QED) is 0.685. The van der Waals surface area contributed by atoms with Crippen LogP contribution in [0.4, 0.5) is 5.69 Å². The fourth-order valence-corrected chi connectivity index (χ4v) is 3.65. The number of nitrogens with one attached hydrogen (secondary N) is 1. The SMILES string of the molecule is CCS(=O)(=O)c1ccc(O)c(NC(=O)c2c(C)nc3c(C)cccn23)c1. The van der Waals surface area contributed by atoms with Gasteiger partial charge in [-0.3, -0.25) is 9.20 Å². The number of rotatable bonds is 4. The van der Waals surface area contributed by atoms with Crippen LogP contribution >= 0.6 is 0 Å². The summed E-state index contributed by atoms with van der Waals surface area (Å²) in [6, 6.07) is 7.53. The Balaban J connectivity index is 2.03. The molecule has 0 unspecified atom stereocenters. The minimum absolute atomic E-state index is 0.0338. The van der Waals surface area contributed by atoms with Crippen molar-refractivity contribution in [1.82, 2.24) is 9.38 Å². The van der Waals surface area contributed by atoms with E-state index in [1.54, 1.807) is 17.5 Å². The Kier molecular flexibility index (Phi) is 4.45. The third-order valence-electron chi connectivity index (χ3n) is 4.19. The number of nitrogens with zero attached hydrogens (tertiary/aromatic N) is 2. The monoisotopic (exact) mass is 373 g/mol. The van der Waals surface area contributed by atoms with Crippen molar-refractivity contribution in [1.29, 1.82) is 0 Å². The predicted octanol–water partition coefficient (Wildman–Crippen LogP) is 2.70. The molecule has 8 heteroatoms. The van der Waals surface area contributed by atoms with Crippen LogP contribution in [0.3, 0.4) is 0 Å². The van der Waals surface area contributed by atoms with Crippen LogP contribution in [-0.2, 0) is 9.84 Å². The van der Waals surface area contributed by atoms with Gasteiger partial charge in [-0.25, -0.2) is 13.4 Å². The second-order valence-electron chi connectivity index (χ2n) is 5.97. The predicted molar refractivity (Wildman–Crippen MR) is 98.5 cm³/mol. The highest BCUT2D eigenvalue weighted by Gasteiger charge is 2.20. The smallest absolute Gasteiger partial charge is 0.274 e. The molecule has 7 nitrogen and oxygen atoms in total. The average Bonchev–Trinajstić information content (AvgIpc) is 2.94. The molecule has 3 rings (SSSR count). The summed E-state index contributed by atoms with van der Waals surface area (Å²) in [7, 11) is -3.46. The van der Waals surface area contributed by atoms with Crippen molar-refractivity contribution < 1.29 is 18.3 Å². The zero-order chi connectivity index (χ0) is 19.1. The number of fused-ring (bicyclic) bond motifs is 1. The maximum absolute atomic E-state index is 12.8. The van der Waals surface area contributed by atoms with Crippen molar-refractivity contribution in [2.75, 3.05) is 11.1 Å². The number of phenols is 1. The lowest BCUT2D eigenvalue weighted by Crippen LogP contribution is -2.16. The van der Waals surface area contributed by atoms with Crippen LogP contribution in [0.5, 0.6) is 5.75 Å². The van der Waals surface area contributed by atoms with Crippen molar-refractivity contribution in [2.45, 2.75) is 25.7 Å². The van der Waals surface area contributed by atoms with E-state index in [1.807, 2.05) is 19.1 Å². The summed E-state index contributed by atoms with van der Waals surface area (Å²) < 4.78 is 25.7. The van der Waals surface area contributed by atoms with Crippen LogP contribution in [0.2, 0.25) is 0 Å². The van der Waals surface area contributed by atoms with Crippen LogP contribution in [0.1, 0.15) is 28.7 Å². The summed E-state index contributed by atoms with van der Waals surface area (Å²) in [4.78, 5) is 17.2. The number of aromatic nitrogens is 2. The highest BCUT2D eigenvalue weighted by atomic mass is 32.2. The van der Waals surface area contributed by atoms with Crippen molar-refractivity contribution >= 4 is 27.1 Å². The number of aryl methyl sites for hydroxylation is 2. The first-order valence-electron chi connectivity index (χ1n) is 8.06. The molecule has 2 aromatic heterocycles. The van der Waals surface area contributed by atoms with E-state index < -0.39 is 15.7 Å². The van der Waals surface area contributed by atoms with Crippen LogP contribution in [0.25, 0.3) is 5.65 Å². The summed E-state index contributed by atoms with van der Waals surface area (Å²) >= 11 is 0. The topological polar surface area (TPSA) is 101 Å². The van der Waals surface area contributed by atoms with Crippen LogP contribution in [-0.4, -0.2) is 34.6 Å². The molecule has 0 spiro atoms. The van der Waals surface area contributed by atoms with Crippen LogP contribution < -0.4 is 5.32 Å². The van der Waals surface area contributed by atoms with Crippen LogP contribution in [0.15, 0.2) is 41.4 Å². The number of carbonyl (C=O) groups excluding carboxylic acids is 1. The van der Waals surface area contributed by atoms with Crippen molar-refractivity contribution in [3.63, 3.8) is 0 Å². The molecule has 0 radical (unpaired) electrons. The molecule has 0 aliphatic rings. The molecule has 3 aromatic rings. The van der Waals surface area contributed by atoms with Gasteiger partial charge in [-0.15, -0.1) is 0 Å². The highest BCUT2D eigenvalue weighted by molar-refractivity contribution is 7.91. The van der Waals surface area contributed by atoms with E-state index in [0.717, 1.165) is 5.56 Å². The van der Waals surface area contributed by atoms with Gasteiger partial charge in [0.1, 0.15) is 17.1 Å². The normalized spacial score (nSPS) is 11.7. The van der Waals surface area contributed by atoms with Gasteiger partial charge in [0.05, 0.1) is 22.0 Å². The molecule has 1 aromatic carbocycles. The number of benzene rings is 1. The van der Waals surface area contributed by atoms with E-state index in [2.05, 4.69) is 10.3 Å². The molecule has 0 aliphatic carbocycles. The molecule has 0 aliphatic heterocycles. The molecule has 136 valence electrons. The van der Waals surface area contributed by atoms with E-state index in [-0.39, 0.29) is 22.1 Å². The van der Waals surface area contributed by atoms with Crippen molar-refractivity contribution in [3.05, 3.63) is 53.5 Å². The lowest BCUT2D eigenvalue weighted by Gasteiger charge is -2.10. The number of aromatic hydroxyl groups is 1. The number of amides is 1. The molecule has 2 heterocycles. The van der Waals surface area contributed by atoms with Crippen LogP contribution in [0, 0.1) is 13.8 Å². The fourth-order valence-electron chi connectivity index (χ4n) is 2.75. The fraction of sp³-hybridized carbons (Fsp3) is 0.222. The van der Waals surface area contributed by atoms with Gasteiger partial charge in [0.2, 0.25) is 0 Å². The minimum atomic E-state index is -3.46. The lowest BCUT2D eigenvalue weighted by atomic mass is 10.2. The molecule has 1 amide bonds. The number of hydrogen-bond donors (Lipinski definition) is 2. The molecular weight excluding hydrogens is 354 g/mol. The second-order valence-corrected chi connectivity index (χ2v) is 8.25. The minimum Gasteiger partial charge on any atom is -0.506 e. The van der Waals surface area contributed by atoms with Gasteiger partial charge >= 0.3 is 0 Å². The van der Waals surface area contributed by atoms with E-state index >= 15 is 0 Å². The molecule has 26 heavy (non-hydrogen) atoms. The maximum Gasteiger partial charge on any atom is 0.274 e. The van der Waals surface area contributed by atoms with E-state index in [4.69, 9.17) is 0 Å². The summed E-state index contributed by atoms with van der Waals surface area (Å²) in [5.41, 5.74) is 2.49. The molecule has 2 N–H and O–H groups in total. The Morgan fingerprint density at radius 3 is 2.69 bits per heavy atom. The third kappa shape index (κ3) is 3.03. The molecule has 0 fully saturated rings. The highest BCUT2D eigenvalue weighted by Crippen LogP contribution is 2.28.